The second-order valence-electron chi connectivity index (χ2n) is 9.36. The molecule has 0 aliphatic rings. The molecule has 7 rings (SSSR count). The number of hydrogen-bond acceptors (Lipinski definition) is 1. The van der Waals surface area contributed by atoms with E-state index in [1.807, 2.05) is 42.5 Å². The summed E-state index contributed by atoms with van der Waals surface area (Å²) >= 11 is 0. The maximum absolute atomic E-state index is 8.69. The van der Waals surface area contributed by atoms with Gasteiger partial charge in [0.2, 0.25) is 0 Å². The van der Waals surface area contributed by atoms with Crippen molar-refractivity contribution < 1.29 is 0 Å². The van der Waals surface area contributed by atoms with Crippen LogP contribution in [-0.4, -0.2) is 20.8 Å². The minimum absolute atomic E-state index is 0.203. The Bertz CT molecular complexity index is 2040. The SMILES string of the molecule is C=CC(=NC(=N)c1ccccc1)n1c2ccccc2c2ccc3cc4c(ccn4-c4ccccc4)cc3c21. The summed E-state index contributed by atoms with van der Waals surface area (Å²) in [7, 11) is 0. The van der Waals surface area contributed by atoms with Gasteiger partial charge in [0, 0.05) is 39.0 Å². The molecule has 0 aliphatic heterocycles. The van der Waals surface area contributed by atoms with Gasteiger partial charge >= 0.3 is 0 Å². The van der Waals surface area contributed by atoms with Crippen LogP contribution >= 0.6 is 0 Å². The predicted molar refractivity (Wildman–Crippen MR) is 160 cm³/mol. The first kappa shape index (κ1) is 22.0. The van der Waals surface area contributed by atoms with E-state index in [4.69, 9.17) is 10.4 Å². The first-order valence-electron chi connectivity index (χ1n) is 12.6. The standard InChI is InChI=1S/C34H24N4/c1-2-32(36-34(35)23-11-5-3-6-12-23)38-30-16-10-9-15-27(30)28-18-17-24-22-31-25(21-29(24)33(28)38)19-20-37(31)26-13-7-4-8-14-26/h2-22,35H,1H2. The van der Waals surface area contributed by atoms with Crippen molar-refractivity contribution in [3.63, 3.8) is 0 Å². The summed E-state index contributed by atoms with van der Waals surface area (Å²) in [4.78, 5) is 4.76. The summed E-state index contributed by atoms with van der Waals surface area (Å²) < 4.78 is 4.38. The monoisotopic (exact) mass is 488 g/mol. The number of rotatable bonds is 3. The van der Waals surface area contributed by atoms with Crippen molar-refractivity contribution in [1.82, 2.24) is 9.13 Å². The average Bonchev–Trinajstić information content (AvgIpc) is 3.54. The molecule has 7 aromatic rings. The van der Waals surface area contributed by atoms with Gasteiger partial charge < -0.3 is 4.57 Å². The first-order chi connectivity index (χ1) is 18.7. The molecule has 1 N–H and O–H groups in total. The molecular weight excluding hydrogens is 464 g/mol. The second kappa shape index (κ2) is 8.71. The molecule has 0 amide bonds. The van der Waals surface area contributed by atoms with Crippen LogP contribution in [0, 0.1) is 5.41 Å². The second-order valence-corrected chi connectivity index (χ2v) is 9.36. The smallest absolute Gasteiger partial charge is 0.154 e. The van der Waals surface area contributed by atoms with Crippen LogP contribution in [0.15, 0.2) is 139 Å². The molecular formula is C34H24N4. The largest absolute Gasteiger partial charge is 0.317 e. The fourth-order valence-electron chi connectivity index (χ4n) is 5.43. The molecule has 0 saturated carbocycles. The molecule has 5 aromatic carbocycles. The van der Waals surface area contributed by atoms with Crippen LogP contribution in [0.1, 0.15) is 5.56 Å². The third-order valence-electron chi connectivity index (χ3n) is 7.18. The van der Waals surface area contributed by atoms with Crippen LogP contribution in [0.25, 0.3) is 49.2 Å². The molecule has 0 unspecified atom stereocenters. The lowest BCUT2D eigenvalue weighted by Gasteiger charge is -2.11. The molecule has 0 bridgehead atoms. The van der Waals surface area contributed by atoms with Gasteiger partial charge in [0.1, 0.15) is 5.84 Å². The van der Waals surface area contributed by atoms with Gasteiger partial charge in [-0.15, -0.1) is 0 Å². The molecule has 38 heavy (non-hydrogen) atoms. The van der Waals surface area contributed by atoms with E-state index in [9.17, 15) is 0 Å². The third kappa shape index (κ3) is 3.39. The number of aliphatic imine (C=N–C) groups is 1. The quantitative estimate of drug-likeness (QED) is 0.192. The minimum atomic E-state index is 0.203. The predicted octanol–water partition coefficient (Wildman–Crippen LogP) is 8.35. The number of hydrogen-bond donors (Lipinski definition) is 1. The fraction of sp³-hybridized carbons (Fsp3) is 0. The molecule has 4 nitrogen and oxygen atoms in total. The Balaban J connectivity index is 1.53. The maximum Gasteiger partial charge on any atom is 0.154 e. The minimum Gasteiger partial charge on any atom is -0.317 e. The van der Waals surface area contributed by atoms with Gasteiger partial charge in [0.25, 0.3) is 0 Å². The zero-order chi connectivity index (χ0) is 25.6. The van der Waals surface area contributed by atoms with Crippen LogP contribution in [0.5, 0.6) is 0 Å². The van der Waals surface area contributed by atoms with Crippen molar-refractivity contribution in [2.75, 3.05) is 0 Å². The summed E-state index contributed by atoms with van der Waals surface area (Å²) in [6.07, 6.45) is 3.87. The zero-order valence-electron chi connectivity index (χ0n) is 20.7. The van der Waals surface area contributed by atoms with E-state index >= 15 is 0 Å². The number of allylic oxidation sites excluding steroid dienone is 1. The summed E-state index contributed by atoms with van der Waals surface area (Å²) in [6, 6.07) is 39.5. The number of para-hydroxylation sites is 2. The van der Waals surface area contributed by atoms with Crippen LogP contribution in [0.3, 0.4) is 0 Å². The number of nitrogens with one attached hydrogen (secondary N) is 1. The van der Waals surface area contributed by atoms with E-state index in [0.29, 0.717) is 5.84 Å². The van der Waals surface area contributed by atoms with Crippen molar-refractivity contribution in [3.8, 4) is 5.69 Å². The highest BCUT2D eigenvalue weighted by Gasteiger charge is 2.17. The Morgan fingerprint density at radius 3 is 2.21 bits per heavy atom. The first-order valence-corrected chi connectivity index (χ1v) is 12.6. The topological polar surface area (TPSA) is 46.1 Å². The van der Waals surface area contributed by atoms with Crippen molar-refractivity contribution >= 4 is 55.2 Å². The number of fused-ring (bicyclic) bond motifs is 6. The van der Waals surface area contributed by atoms with E-state index in [2.05, 4.69) is 94.7 Å². The molecule has 0 aliphatic carbocycles. The lowest BCUT2D eigenvalue weighted by molar-refractivity contribution is 1.13. The Labute approximate surface area is 219 Å². The third-order valence-corrected chi connectivity index (χ3v) is 7.18. The Morgan fingerprint density at radius 1 is 0.684 bits per heavy atom. The summed E-state index contributed by atoms with van der Waals surface area (Å²) in [5.74, 6) is 0.827. The highest BCUT2D eigenvalue weighted by Crippen LogP contribution is 2.36. The maximum atomic E-state index is 8.69. The normalized spacial score (nSPS) is 12.1. The van der Waals surface area contributed by atoms with E-state index < -0.39 is 0 Å². The molecule has 2 aromatic heterocycles. The Morgan fingerprint density at radius 2 is 1.42 bits per heavy atom. The van der Waals surface area contributed by atoms with Gasteiger partial charge in [-0.25, -0.2) is 4.99 Å². The van der Waals surface area contributed by atoms with Crippen LogP contribution in [0.2, 0.25) is 0 Å². The van der Waals surface area contributed by atoms with Crippen molar-refractivity contribution in [2.45, 2.75) is 0 Å². The van der Waals surface area contributed by atoms with E-state index in [1.54, 1.807) is 6.08 Å². The number of aromatic nitrogens is 2. The van der Waals surface area contributed by atoms with Gasteiger partial charge in [0.05, 0.1) is 16.6 Å². The highest BCUT2D eigenvalue weighted by molar-refractivity contribution is 6.25. The van der Waals surface area contributed by atoms with E-state index in [0.717, 1.165) is 49.3 Å². The zero-order valence-corrected chi connectivity index (χ0v) is 20.7. The molecule has 180 valence electrons. The van der Waals surface area contributed by atoms with E-state index in [1.165, 1.54) is 5.39 Å². The molecule has 4 heteroatoms. The lowest BCUT2D eigenvalue weighted by atomic mass is 10.0. The fourth-order valence-corrected chi connectivity index (χ4v) is 5.43. The van der Waals surface area contributed by atoms with Gasteiger partial charge in [-0.3, -0.25) is 9.98 Å². The summed E-state index contributed by atoms with van der Waals surface area (Å²) in [5, 5.41) is 14.4. The highest BCUT2D eigenvalue weighted by atomic mass is 15.1. The van der Waals surface area contributed by atoms with Gasteiger partial charge in [-0.1, -0.05) is 85.4 Å². The van der Waals surface area contributed by atoms with Crippen LogP contribution in [-0.2, 0) is 0 Å². The van der Waals surface area contributed by atoms with Gasteiger partial charge in [-0.05, 0) is 47.9 Å². The van der Waals surface area contributed by atoms with E-state index in [-0.39, 0.29) is 5.84 Å². The van der Waals surface area contributed by atoms with Crippen molar-refractivity contribution in [2.24, 2.45) is 4.99 Å². The number of nitrogens with zero attached hydrogens (tertiary/aromatic N) is 3. The number of benzene rings is 5. The molecule has 2 heterocycles. The number of amidine groups is 1. The Hall–Kier alpha value is -5.22. The van der Waals surface area contributed by atoms with Gasteiger partial charge in [-0.2, -0.15) is 0 Å². The average molecular weight is 489 g/mol. The van der Waals surface area contributed by atoms with Crippen LogP contribution < -0.4 is 0 Å². The van der Waals surface area contributed by atoms with Crippen LogP contribution in [0.4, 0.5) is 0 Å². The molecule has 0 atom stereocenters. The Kier molecular flexibility index (Phi) is 5.05. The van der Waals surface area contributed by atoms with Crippen molar-refractivity contribution in [1.29, 1.82) is 5.41 Å². The molecule has 0 saturated heterocycles. The van der Waals surface area contributed by atoms with Gasteiger partial charge in [0.15, 0.2) is 5.84 Å². The molecule has 0 fully saturated rings. The summed E-state index contributed by atoms with van der Waals surface area (Å²) in [5.41, 5.74) is 5.17. The lowest BCUT2D eigenvalue weighted by Crippen LogP contribution is -2.12. The molecule has 0 spiro atoms. The summed E-state index contributed by atoms with van der Waals surface area (Å²) in [6.45, 7) is 4.09. The molecule has 0 radical (unpaired) electrons. The van der Waals surface area contributed by atoms with Crippen molar-refractivity contribution in [3.05, 3.63) is 140 Å².